The zero-order chi connectivity index (χ0) is 22.5. The van der Waals surface area contributed by atoms with Gasteiger partial charge in [-0.3, -0.25) is 4.79 Å². The van der Waals surface area contributed by atoms with Crippen molar-refractivity contribution in [2.75, 3.05) is 37.9 Å². The third-order valence-corrected chi connectivity index (χ3v) is 6.22. The summed E-state index contributed by atoms with van der Waals surface area (Å²) in [6.07, 6.45) is 5.12. The summed E-state index contributed by atoms with van der Waals surface area (Å²) >= 11 is 0. The van der Waals surface area contributed by atoms with Gasteiger partial charge in [0.05, 0.1) is 0 Å². The summed E-state index contributed by atoms with van der Waals surface area (Å²) in [6, 6.07) is 18.2. The summed E-state index contributed by atoms with van der Waals surface area (Å²) in [6.45, 7) is 1.58. The highest BCUT2D eigenvalue weighted by molar-refractivity contribution is 5.96. The van der Waals surface area contributed by atoms with Gasteiger partial charge in [-0.15, -0.1) is 0 Å². The lowest BCUT2D eigenvalue weighted by molar-refractivity contribution is 0.0853. The number of carbonyl (C=O) groups excluding carboxylic acids is 1. The molecule has 5 heteroatoms. The molecule has 0 bridgehead atoms. The van der Waals surface area contributed by atoms with E-state index in [0.717, 1.165) is 54.9 Å². The van der Waals surface area contributed by atoms with Gasteiger partial charge >= 0.3 is 0 Å². The zero-order valence-corrected chi connectivity index (χ0v) is 18.9. The van der Waals surface area contributed by atoms with Gasteiger partial charge in [-0.05, 0) is 60.1 Å². The van der Waals surface area contributed by atoms with Crippen LogP contribution in [-0.4, -0.2) is 38.1 Å². The number of nitrogen functional groups attached to an aromatic ring is 1. The molecule has 1 aliphatic rings. The number of hydrogen-bond donors (Lipinski definition) is 1. The van der Waals surface area contributed by atoms with E-state index in [1.165, 1.54) is 11.1 Å². The number of Topliss-reactive ketones (excluding diaryl/α,β-unsaturated/α-hetero) is 1. The number of aromatic nitrogens is 1. The van der Waals surface area contributed by atoms with Crippen molar-refractivity contribution in [2.24, 2.45) is 0 Å². The first-order valence-corrected chi connectivity index (χ1v) is 11.2. The van der Waals surface area contributed by atoms with Gasteiger partial charge in [-0.2, -0.15) is 0 Å². The van der Waals surface area contributed by atoms with Gasteiger partial charge in [0.1, 0.15) is 5.82 Å². The molecule has 1 aromatic heterocycles. The molecule has 2 heterocycles. The Morgan fingerprint density at radius 3 is 2.56 bits per heavy atom. The number of pyridine rings is 1. The average Bonchev–Trinajstić information content (AvgIpc) is 2.83. The molecule has 4 rings (SSSR count). The molecule has 0 aliphatic carbocycles. The van der Waals surface area contributed by atoms with Crippen LogP contribution in [0.4, 0.5) is 11.5 Å². The monoisotopic (exact) mass is 429 g/mol. The van der Waals surface area contributed by atoms with Crippen LogP contribution in [0, 0.1) is 0 Å². The Morgan fingerprint density at radius 1 is 1.09 bits per heavy atom. The van der Waals surface area contributed by atoms with Crippen LogP contribution >= 0.6 is 0 Å². The topological polar surface area (TPSA) is 68.5 Å². The van der Waals surface area contributed by atoms with Crippen molar-refractivity contribution in [1.82, 2.24) is 4.98 Å². The average molecular weight is 430 g/mol. The van der Waals surface area contributed by atoms with E-state index >= 15 is 0 Å². The van der Waals surface area contributed by atoms with Crippen molar-refractivity contribution in [3.05, 3.63) is 77.5 Å². The fourth-order valence-corrected chi connectivity index (χ4v) is 4.20. The van der Waals surface area contributed by atoms with Gasteiger partial charge in [-0.1, -0.05) is 36.4 Å². The molecule has 32 heavy (non-hydrogen) atoms. The second-order valence-corrected chi connectivity index (χ2v) is 8.65. The molecular formula is C27H31N3O2. The van der Waals surface area contributed by atoms with Crippen LogP contribution in [0.5, 0.6) is 0 Å². The lowest BCUT2D eigenvalue weighted by Gasteiger charge is -2.22. The van der Waals surface area contributed by atoms with Crippen LogP contribution < -0.4 is 10.6 Å². The van der Waals surface area contributed by atoms with Crippen LogP contribution in [0.15, 0.2) is 60.8 Å². The summed E-state index contributed by atoms with van der Waals surface area (Å²) in [5.74, 6) is 1.12. The Hall–Kier alpha value is -3.18. The number of ketones is 1. The number of anilines is 2. The highest BCUT2D eigenvalue weighted by Gasteiger charge is 2.18. The van der Waals surface area contributed by atoms with Crippen molar-refractivity contribution >= 4 is 17.3 Å². The Labute approximate surface area is 190 Å². The molecule has 0 unspecified atom stereocenters. The molecule has 1 saturated heterocycles. The highest BCUT2D eigenvalue weighted by Crippen LogP contribution is 2.32. The van der Waals surface area contributed by atoms with E-state index in [0.29, 0.717) is 18.2 Å². The lowest BCUT2D eigenvalue weighted by Crippen LogP contribution is -2.14. The zero-order valence-electron chi connectivity index (χ0n) is 18.9. The number of nitrogens with two attached hydrogens (primary N) is 1. The van der Waals surface area contributed by atoms with Gasteiger partial charge in [0.2, 0.25) is 0 Å². The summed E-state index contributed by atoms with van der Waals surface area (Å²) in [7, 11) is 4.04. The Kier molecular flexibility index (Phi) is 6.86. The maximum absolute atomic E-state index is 12.8. The van der Waals surface area contributed by atoms with Crippen molar-refractivity contribution in [3.63, 3.8) is 0 Å². The van der Waals surface area contributed by atoms with Crippen molar-refractivity contribution in [1.29, 1.82) is 0 Å². The van der Waals surface area contributed by atoms with Gasteiger partial charge < -0.3 is 15.4 Å². The molecule has 2 N–H and O–H groups in total. The molecule has 0 spiro atoms. The SMILES string of the molecule is CN(C)c1cccc(CCC(=O)c2ccc(-c3cc(C4CCOCC4)cnc3N)cc2)c1. The maximum atomic E-state index is 12.8. The van der Waals surface area contributed by atoms with E-state index in [2.05, 4.69) is 34.1 Å². The first kappa shape index (κ1) is 22.0. The minimum atomic E-state index is 0.147. The number of carbonyl (C=O) groups is 1. The molecule has 3 aromatic rings. The standard InChI is InChI=1S/C27H31N3O2/c1-30(2)24-5-3-4-19(16-24)6-11-26(31)22-9-7-21(8-10-22)25-17-23(18-29-27(25)28)20-12-14-32-15-13-20/h3-5,7-10,16-18,20H,6,11-15H2,1-2H3,(H2,28,29). The van der Waals surface area contributed by atoms with Gasteiger partial charge in [0.25, 0.3) is 0 Å². The fourth-order valence-electron chi connectivity index (χ4n) is 4.20. The number of rotatable bonds is 7. The number of ether oxygens (including phenoxy) is 1. The Morgan fingerprint density at radius 2 is 1.84 bits per heavy atom. The molecule has 5 nitrogen and oxygen atoms in total. The molecule has 166 valence electrons. The predicted octanol–water partition coefficient (Wildman–Crippen LogP) is 5.11. The maximum Gasteiger partial charge on any atom is 0.163 e. The molecule has 0 amide bonds. The van der Waals surface area contributed by atoms with Crippen LogP contribution in [0.2, 0.25) is 0 Å². The van der Waals surface area contributed by atoms with Crippen molar-refractivity contribution in [2.45, 2.75) is 31.6 Å². The number of hydrogen-bond acceptors (Lipinski definition) is 5. The summed E-state index contributed by atoms with van der Waals surface area (Å²) in [4.78, 5) is 19.3. The van der Waals surface area contributed by atoms with E-state index in [-0.39, 0.29) is 5.78 Å². The second-order valence-electron chi connectivity index (χ2n) is 8.65. The smallest absolute Gasteiger partial charge is 0.163 e. The van der Waals surface area contributed by atoms with E-state index in [1.807, 2.05) is 50.6 Å². The minimum Gasteiger partial charge on any atom is -0.383 e. The number of aryl methyl sites for hydroxylation is 1. The normalized spacial score (nSPS) is 14.3. The van der Waals surface area contributed by atoms with Gasteiger partial charge in [0, 0.05) is 56.7 Å². The lowest BCUT2D eigenvalue weighted by atomic mass is 9.91. The fraction of sp³-hybridized carbons (Fsp3) is 0.333. The molecule has 0 saturated carbocycles. The van der Waals surface area contributed by atoms with E-state index < -0.39 is 0 Å². The molecule has 0 atom stereocenters. The molecule has 1 aliphatic heterocycles. The minimum absolute atomic E-state index is 0.147. The number of nitrogens with zero attached hydrogens (tertiary/aromatic N) is 2. The molecule has 1 fully saturated rings. The summed E-state index contributed by atoms with van der Waals surface area (Å²) in [5, 5.41) is 0. The second kappa shape index (κ2) is 9.96. The largest absolute Gasteiger partial charge is 0.383 e. The quantitative estimate of drug-likeness (QED) is 0.529. The van der Waals surface area contributed by atoms with Crippen LogP contribution in [0.3, 0.4) is 0 Å². The first-order valence-electron chi connectivity index (χ1n) is 11.2. The van der Waals surface area contributed by atoms with Crippen LogP contribution in [-0.2, 0) is 11.2 Å². The van der Waals surface area contributed by atoms with E-state index in [9.17, 15) is 4.79 Å². The number of benzene rings is 2. The third kappa shape index (κ3) is 5.17. The van der Waals surface area contributed by atoms with E-state index in [4.69, 9.17) is 10.5 Å². The summed E-state index contributed by atoms with van der Waals surface area (Å²) < 4.78 is 5.48. The Bertz CT molecular complexity index is 1070. The molecule has 2 aromatic carbocycles. The third-order valence-electron chi connectivity index (χ3n) is 6.22. The highest BCUT2D eigenvalue weighted by atomic mass is 16.5. The first-order chi connectivity index (χ1) is 15.5. The molecule has 0 radical (unpaired) electrons. The van der Waals surface area contributed by atoms with Crippen LogP contribution in [0.1, 0.15) is 46.7 Å². The van der Waals surface area contributed by atoms with Crippen molar-refractivity contribution in [3.8, 4) is 11.1 Å². The predicted molar refractivity (Wildman–Crippen MR) is 130 cm³/mol. The van der Waals surface area contributed by atoms with E-state index in [1.54, 1.807) is 0 Å². The van der Waals surface area contributed by atoms with Crippen LogP contribution in [0.25, 0.3) is 11.1 Å². The molecular weight excluding hydrogens is 398 g/mol. The van der Waals surface area contributed by atoms with Gasteiger partial charge in [0.15, 0.2) is 5.78 Å². The van der Waals surface area contributed by atoms with Gasteiger partial charge in [-0.25, -0.2) is 4.98 Å². The van der Waals surface area contributed by atoms with Crippen molar-refractivity contribution < 1.29 is 9.53 Å². The Balaban J connectivity index is 1.45. The summed E-state index contributed by atoms with van der Waals surface area (Å²) in [5.41, 5.74) is 12.3.